The van der Waals surface area contributed by atoms with Crippen LogP contribution in [0.2, 0.25) is 0 Å². The average Bonchev–Trinajstić information content (AvgIpc) is 2.46. The Morgan fingerprint density at radius 1 is 1.43 bits per heavy atom. The van der Waals surface area contributed by atoms with Gasteiger partial charge in [-0.25, -0.2) is 4.68 Å². The molecule has 1 aromatic rings. The molecule has 0 aliphatic carbocycles. The van der Waals surface area contributed by atoms with Crippen LogP contribution in [0.15, 0.2) is 6.20 Å². The lowest BCUT2D eigenvalue weighted by molar-refractivity contribution is 0.183. The van der Waals surface area contributed by atoms with Gasteiger partial charge in [0, 0.05) is 13.3 Å². The van der Waals surface area contributed by atoms with E-state index in [-0.39, 0.29) is 5.41 Å². The van der Waals surface area contributed by atoms with Crippen molar-refractivity contribution in [3.8, 4) is 0 Å². The molecule has 0 saturated carbocycles. The molecule has 0 N–H and O–H groups in total. The standard InChI is InChI=1S/C10H19N3O/c1-10(2,3)7-9-8-13(12-11-9)5-6-14-4/h8H,5-7H2,1-4H3. The second-order valence-electron chi connectivity index (χ2n) is 4.70. The molecular weight excluding hydrogens is 178 g/mol. The number of nitrogens with zero attached hydrogens (tertiary/aromatic N) is 3. The molecule has 1 rings (SSSR count). The summed E-state index contributed by atoms with van der Waals surface area (Å²) in [5.41, 5.74) is 1.32. The molecule has 0 atom stereocenters. The Morgan fingerprint density at radius 3 is 2.71 bits per heavy atom. The molecule has 80 valence electrons. The summed E-state index contributed by atoms with van der Waals surface area (Å²) in [6.07, 6.45) is 2.95. The van der Waals surface area contributed by atoms with Crippen LogP contribution >= 0.6 is 0 Å². The molecular formula is C10H19N3O. The summed E-state index contributed by atoms with van der Waals surface area (Å²) in [4.78, 5) is 0. The van der Waals surface area contributed by atoms with Crippen LogP contribution < -0.4 is 0 Å². The summed E-state index contributed by atoms with van der Waals surface area (Å²) in [5.74, 6) is 0. The maximum absolute atomic E-state index is 4.97. The van der Waals surface area contributed by atoms with Gasteiger partial charge in [-0.1, -0.05) is 26.0 Å². The molecule has 4 heteroatoms. The molecule has 0 aromatic carbocycles. The van der Waals surface area contributed by atoms with Gasteiger partial charge in [0.25, 0.3) is 0 Å². The quantitative estimate of drug-likeness (QED) is 0.734. The predicted molar refractivity (Wildman–Crippen MR) is 55.1 cm³/mol. The van der Waals surface area contributed by atoms with E-state index < -0.39 is 0 Å². The van der Waals surface area contributed by atoms with E-state index >= 15 is 0 Å². The number of ether oxygens (including phenoxy) is 1. The van der Waals surface area contributed by atoms with Gasteiger partial charge in [-0.05, 0) is 11.8 Å². The molecule has 0 radical (unpaired) electrons. The first-order chi connectivity index (χ1) is 6.51. The van der Waals surface area contributed by atoms with Gasteiger partial charge in [0.15, 0.2) is 0 Å². The minimum Gasteiger partial charge on any atom is -0.383 e. The maximum atomic E-state index is 4.97. The van der Waals surface area contributed by atoms with Crippen molar-refractivity contribution in [2.45, 2.75) is 33.7 Å². The van der Waals surface area contributed by atoms with Crippen molar-refractivity contribution in [3.63, 3.8) is 0 Å². The molecule has 0 spiro atoms. The highest BCUT2D eigenvalue weighted by molar-refractivity contribution is 4.95. The fourth-order valence-corrected chi connectivity index (χ4v) is 1.26. The number of rotatable bonds is 4. The van der Waals surface area contributed by atoms with Crippen LogP contribution in [0.4, 0.5) is 0 Å². The van der Waals surface area contributed by atoms with Gasteiger partial charge in [0.05, 0.1) is 18.8 Å². The van der Waals surface area contributed by atoms with Crippen molar-refractivity contribution >= 4 is 0 Å². The van der Waals surface area contributed by atoms with Crippen LogP contribution in [-0.4, -0.2) is 28.7 Å². The maximum Gasteiger partial charge on any atom is 0.0832 e. The summed E-state index contributed by atoms with van der Waals surface area (Å²) >= 11 is 0. The van der Waals surface area contributed by atoms with Gasteiger partial charge in [-0.3, -0.25) is 0 Å². The third kappa shape index (κ3) is 3.87. The highest BCUT2D eigenvalue weighted by atomic mass is 16.5. The van der Waals surface area contributed by atoms with E-state index in [1.807, 2.05) is 10.9 Å². The highest BCUT2D eigenvalue weighted by Crippen LogP contribution is 2.18. The lowest BCUT2D eigenvalue weighted by Crippen LogP contribution is -2.09. The normalized spacial score (nSPS) is 12.0. The smallest absolute Gasteiger partial charge is 0.0832 e. The SMILES string of the molecule is COCCn1cc(CC(C)(C)C)nn1. The van der Waals surface area contributed by atoms with E-state index in [0.717, 1.165) is 18.7 Å². The number of aromatic nitrogens is 3. The van der Waals surface area contributed by atoms with E-state index in [1.165, 1.54) is 0 Å². The zero-order valence-electron chi connectivity index (χ0n) is 9.45. The molecule has 14 heavy (non-hydrogen) atoms. The summed E-state index contributed by atoms with van der Waals surface area (Å²) in [7, 11) is 1.69. The zero-order chi connectivity index (χ0) is 10.6. The monoisotopic (exact) mass is 197 g/mol. The minimum atomic E-state index is 0.266. The van der Waals surface area contributed by atoms with Crippen LogP contribution in [0.3, 0.4) is 0 Å². The molecule has 1 aromatic heterocycles. The molecule has 0 bridgehead atoms. The van der Waals surface area contributed by atoms with E-state index in [4.69, 9.17) is 4.74 Å². The van der Waals surface area contributed by atoms with Gasteiger partial charge in [-0.15, -0.1) is 5.10 Å². The van der Waals surface area contributed by atoms with Gasteiger partial charge in [0.2, 0.25) is 0 Å². The predicted octanol–water partition coefficient (Wildman–Crippen LogP) is 1.51. The first-order valence-electron chi connectivity index (χ1n) is 4.89. The number of methoxy groups -OCH3 is 1. The molecule has 0 amide bonds. The van der Waals surface area contributed by atoms with E-state index in [1.54, 1.807) is 7.11 Å². The third-order valence-electron chi connectivity index (χ3n) is 1.82. The average molecular weight is 197 g/mol. The van der Waals surface area contributed by atoms with Gasteiger partial charge in [0.1, 0.15) is 0 Å². The Morgan fingerprint density at radius 2 is 2.14 bits per heavy atom. The van der Waals surface area contributed by atoms with Gasteiger partial charge < -0.3 is 4.74 Å². The Balaban J connectivity index is 2.51. The van der Waals surface area contributed by atoms with Crippen molar-refractivity contribution in [2.24, 2.45) is 5.41 Å². The fourth-order valence-electron chi connectivity index (χ4n) is 1.26. The summed E-state index contributed by atoms with van der Waals surface area (Å²) < 4.78 is 6.79. The Bertz CT molecular complexity index is 275. The number of hydrogen-bond donors (Lipinski definition) is 0. The van der Waals surface area contributed by atoms with Crippen LogP contribution in [0.5, 0.6) is 0 Å². The van der Waals surface area contributed by atoms with Crippen molar-refractivity contribution in [3.05, 3.63) is 11.9 Å². The zero-order valence-corrected chi connectivity index (χ0v) is 9.45. The van der Waals surface area contributed by atoms with E-state index in [0.29, 0.717) is 6.61 Å². The Hall–Kier alpha value is -0.900. The molecule has 0 saturated heterocycles. The van der Waals surface area contributed by atoms with E-state index in [2.05, 4.69) is 31.1 Å². The molecule has 0 unspecified atom stereocenters. The first-order valence-corrected chi connectivity index (χ1v) is 4.89. The van der Waals surface area contributed by atoms with Crippen LogP contribution in [0, 0.1) is 5.41 Å². The van der Waals surface area contributed by atoms with Crippen LogP contribution in [-0.2, 0) is 17.7 Å². The van der Waals surface area contributed by atoms with Crippen molar-refractivity contribution in [1.82, 2.24) is 15.0 Å². The Labute approximate surface area is 85.3 Å². The van der Waals surface area contributed by atoms with Gasteiger partial charge >= 0.3 is 0 Å². The van der Waals surface area contributed by atoms with Gasteiger partial charge in [-0.2, -0.15) is 0 Å². The lowest BCUT2D eigenvalue weighted by atomic mass is 9.91. The van der Waals surface area contributed by atoms with Crippen molar-refractivity contribution < 1.29 is 4.74 Å². The fraction of sp³-hybridized carbons (Fsp3) is 0.800. The van der Waals surface area contributed by atoms with Crippen molar-refractivity contribution in [2.75, 3.05) is 13.7 Å². The number of hydrogen-bond acceptors (Lipinski definition) is 3. The summed E-state index contributed by atoms with van der Waals surface area (Å²) in [6, 6.07) is 0. The van der Waals surface area contributed by atoms with Crippen LogP contribution in [0.1, 0.15) is 26.5 Å². The molecule has 0 fully saturated rings. The van der Waals surface area contributed by atoms with E-state index in [9.17, 15) is 0 Å². The molecule has 4 nitrogen and oxygen atoms in total. The lowest BCUT2D eigenvalue weighted by Gasteiger charge is -2.15. The third-order valence-corrected chi connectivity index (χ3v) is 1.82. The second kappa shape index (κ2) is 4.55. The van der Waals surface area contributed by atoms with Crippen molar-refractivity contribution in [1.29, 1.82) is 0 Å². The highest BCUT2D eigenvalue weighted by Gasteiger charge is 2.13. The van der Waals surface area contributed by atoms with Crippen LogP contribution in [0.25, 0.3) is 0 Å². The summed E-state index contributed by atoms with van der Waals surface area (Å²) in [6.45, 7) is 8.04. The summed E-state index contributed by atoms with van der Waals surface area (Å²) in [5, 5.41) is 8.14. The Kier molecular flexibility index (Phi) is 3.63. The molecule has 0 aliphatic heterocycles. The molecule has 1 heterocycles. The largest absolute Gasteiger partial charge is 0.383 e. The topological polar surface area (TPSA) is 39.9 Å². The minimum absolute atomic E-state index is 0.266. The second-order valence-corrected chi connectivity index (χ2v) is 4.70. The first kappa shape index (κ1) is 11.2. The molecule has 0 aliphatic rings.